The van der Waals surface area contributed by atoms with Crippen molar-refractivity contribution in [2.24, 2.45) is 0 Å². The van der Waals surface area contributed by atoms with Gasteiger partial charge in [-0.3, -0.25) is 4.79 Å². The second-order valence-corrected chi connectivity index (χ2v) is 5.32. The van der Waals surface area contributed by atoms with Crippen LogP contribution in [0.25, 0.3) is 0 Å². The van der Waals surface area contributed by atoms with Gasteiger partial charge in [-0.25, -0.2) is 4.98 Å². The summed E-state index contributed by atoms with van der Waals surface area (Å²) in [7, 11) is 0. The SMILES string of the molecule is O=C(c1cccnc1F)N1CCC(c2ccccc2)CC1. The molecule has 1 saturated heterocycles. The first kappa shape index (κ1) is 13.7. The number of nitrogens with zero attached hydrogens (tertiary/aromatic N) is 2. The molecule has 1 fully saturated rings. The monoisotopic (exact) mass is 284 g/mol. The van der Waals surface area contributed by atoms with Crippen molar-refractivity contribution in [3.8, 4) is 0 Å². The van der Waals surface area contributed by atoms with Crippen molar-refractivity contribution in [1.82, 2.24) is 9.88 Å². The fraction of sp³-hybridized carbons (Fsp3) is 0.294. The summed E-state index contributed by atoms with van der Waals surface area (Å²) in [6.07, 6.45) is 3.18. The van der Waals surface area contributed by atoms with Crippen LogP contribution in [-0.4, -0.2) is 28.9 Å². The molecule has 0 aliphatic carbocycles. The first-order valence-corrected chi connectivity index (χ1v) is 7.20. The van der Waals surface area contributed by atoms with Gasteiger partial charge in [-0.05, 0) is 36.5 Å². The topological polar surface area (TPSA) is 33.2 Å². The number of rotatable bonds is 2. The van der Waals surface area contributed by atoms with Gasteiger partial charge in [0, 0.05) is 19.3 Å². The molecule has 0 radical (unpaired) electrons. The highest BCUT2D eigenvalue weighted by Crippen LogP contribution is 2.28. The third-order valence-corrected chi connectivity index (χ3v) is 4.04. The van der Waals surface area contributed by atoms with Crippen LogP contribution in [0.4, 0.5) is 4.39 Å². The normalized spacial score (nSPS) is 16.0. The van der Waals surface area contributed by atoms with Crippen molar-refractivity contribution in [1.29, 1.82) is 0 Å². The molecule has 1 aromatic heterocycles. The average Bonchev–Trinajstić information content (AvgIpc) is 2.56. The van der Waals surface area contributed by atoms with Crippen LogP contribution in [0.3, 0.4) is 0 Å². The van der Waals surface area contributed by atoms with Crippen molar-refractivity contribution in [3.63, 3.8) is 0 Å². The van der Waals surface area contributed by atoms with Crippen molar-refractivity contribution < 1.29 is 9.18 Å². The van der Waals surface area contributed by atoms with Crippen molar-refractivity contribution >= 4 is 5.91 Å². The summed E-state index contributed by atoms with van der Waals surface area (Å²) < 4.78 is 13.6. The molecule has 1 amide bonds. The predicted molar refractivity (Wildman–Crippen MR) is 78.5 cm³/mol. The number of halogens is 1. The number of carbonyl (C=O) groups excluding carboxylic acids is 1. The Kier molecular flexibility index (Phi) is 3.95. The Labute approximate surface area is 123 Å². The summed E-state index contributed by atoms with van der Waals surface area (Å²) in [5.41, 5.74) is 1.38. The van der Waals surface area contributed by atoms with Crippen molar-refractivity contribution in [3.05, 3.63) is 65.7 Å². The maximum absolute atomic E-state index is 13.6. The third kappa shape index (κ3) is 2.94. The predicted octanol–water partition coefficient (Wildman–Crippen LogP) is 3.24. The fourth-order valence-electron chi connectivity index (χ4n) is 2.86. The molecule has 0 bridgehead atoms. The van der Waals surface area contributed by atoms with E-state index in [0.717, 1.165) is 12.8 Å². The molecular weight excluding hydrogens is 267 g/mol. The van der Waals surface area contributed by atoms with E-state index in [9.17, 15) is 9.18 Å². The second-order valence-electron chi connectivity index (χ2n) is 5.32. The molecule has 1 aliphatic heterocycles. The number of hydrogen-bond donors (Lipinski definition) is 0. The number of aromatic nitrogens is 1. The Hall–Kier alpha value is -2.23. The standard InChI is InChI=1S/C17H17FN2O/c18-16-15(7-4-10-19-16)17(21)20-11-8-14(9-12-20)13-5-2-1-3-6-13/h1-7,10,14H,8-9,11-12H2. The molecule has 1 aromatic carbocycles. The molecule has 0 saturated carbocycles. The largest absolute Gasteiger partial charge is 0.338 e. The maximum atomic E-state index is 13.6. The highest BCUT2D eigenvalue weighted by Gasteiger charge is 2.26. The van der Waals surface area contributed by atoms with Gasteiger partial charge in [-0.2, -0.15) is 4.39 Å². The fourth-order valence-corrected chi connectivity index (χ4v) is 2.86. The maximum Gasteiger partial charge on any atom is 0.258 e. The number of piperidine rings is 1. The lowest BCUT2D eigenvalue weighted by atomic mass is 9.89. The van der Waals surface area contributed by atoms with Crippen LogP contribution in [0.15, 0.2) is 48.7 Å². The van der Waals surface area contributed by atoms with E-state index < -0.39 is 5.95 Å². The zero-order valence-corrected chi connectivity index (χ0v) is 11.7. The summed E-state index contributed by atoms with van der Waals surface area (Å²) in [6, 6.07) is 13.4. The van der Waals surface area contributed by atoms with Gasteiger partial charge >= 0.3 is 0 Å². The van der Waals surface area contributed by atoms with Gasteiger partial charge in [0.1, 0.15) is 0 Å². The molecular formula is C17H17FN2O. The number of hydrogen-bond acceptors (Lipinski definition) is 2. The quantitative estimate of drug-likeness (QED) is 0.793. The van der Waals surface area contributed by atoms with E-state index in [1.165, 1.54) is 17.8 Å². The smallest absolute Gasteiger partial charge is 0.258 e. The minimum atomic E-state index is -0.687. The number of amides is 1. The third-order valence-electron chi connectivity index (χ3n) is 4.04. The van der Waals surface area contributed by atoms with Gasteiger partial charge in [-0.15, -0.1) is 0 Å². The highest BCUT2D eigenvalue weighted by molar-refractivity contribution is 5.94. The molecule has 2 aromatic rings. The van der Waals surface area contributed by atoms with E-state index in [0.29, 0.717) is 19.0 Å². The minimum absolute atomic E-state index is 0.0654. The Balaban J connectivity index is 1.66. The molecule has 0 N–H and O–H groups in total. The molecule has 0 unspecified atom stereocenters. The van der Waals surface area contributed by atoms with E-state index in [1.54, 1.807) is 11.0 Å². The molecule has 4 heteroatoms. The molecule has 3 rings (SSSR count). The molecule has 21 heavy (non-hydrogen) atoms. The Bertz CT molecular complexity index is 622. The van der Waals surface area contributed by atoms with Gasteiger partial charge in [0.05, 0.1) is 5.56 Å². The zero-order chi connectivity index (χ0) is 14.7. The van der Waals surface area contributed by atoms with E-state index in [4.69, 9.17) is 0 Å². The summed E-state index contributed by atoms with van der Waals surface area (Å²) in [6.45, 7) is 1.32. The summed E-state index contributed by atoms with van der Waals surface area (Å²) in [5, 5.41) is 0. The lowest BCUT2D eigenvalue weighted by Crippen LogP contribution is -2.38. The van der Waals surface area contributed by atoms with Gasteiger partial charge in [0.25, 0.3) is 5.91 Å². The number of likely N-dealkylation sites (tertiary alicyclic amines) is 1. The first-order chi connectivity index (χ1) is 10.3. The molecule has 108 valence electrons. The first-order valence-electron chi connectivity index (χ1n) is 7.20. The van der Waals surface area contributed by atoms with Gasteiger partial charge < -0.3 is 4.90 Å². The van der Waals surface area contributed by atoms with Crippen LogP contribution in [0.1, 0.15) is 34.7 Å². The van der Waals surface area contributed by atoms with Gasteiger partial charge in [0.15, 0.2) is 0 Å². The van der Waals surface area contributed by atoms with E-state index in [2.05, 4.69) is 17.1 Å². The lowest BCUT2D eigenvalue weighted by Gasteiger charge is -2.32. The molecule has 0 atom stereocenters. The van der Waals surface area contributed by atoms with Gasteiger partial charge in [-0.1, -0.05) is 30.3 Å². The summed E-state index contributed by atoms with van der Waals surface area (Å²) in [5.74, 6) is -0.464. The van der Waals surface area contributed by atoms with Gasteiger partial charge in [0.2, 0.25) is 5.95 Å². The molecule has 2 heterocycles. The van der Waals surface area contributed by atoms with Crippen LogP contribution in [-0.2, 0) is 0 Å². The van der Waals surface area contributed by atoms with Crippen molar-refractivity contribution in [2.45, 2.75) is 18.8 Å². The highest BCUT2D eigenvalue weighted by atomic mass is 19.1. The molecule has 3 nitrogen and oxygen atoms in total. The Morgan fingerprint density at radius 1 is 1.10 bits per heavy atom. The van der Waals surface area contributed by atoms with E-state index >= 15 is 0 Å². The summed E-state index contributed by atoms with van der Waals surface area (Å²) >= 11 is 0. The zero-order valence-electron chi connectivity index (χ0n) is 11.7. The number of carbonyl (C=O) groups is 1. The minimum Gasteiger partial charge on any atom is -0.338 e. The number of pyridine rings is 1. The van der Waals surface area contributed by atoms with Crippen LogP contribution in [0.5, 0.6) is 0 Å². The van der Waals surface area contributed by atoms with Crippen LogP contribution < -0.4 is 0 Å². The van der Waals surface area contributed by atoms with E-state index in [-0.39, 0.29) is 11.5 Å². The second kappa shape index (κ2) is 6.04. The number of benzene rings is 1. The Morgan fingerprint density at radius 3 is 2.48 bits per heavy atom. The molecule has 0 spiro atoms. The van der Waals surface area contributed by atoms with Crippen molar-refractivity contribution in [2.75, 3.05) is 13.1 Å². The van der Waals surface area contributed by atoms with Crippen LogP contribution >= 0.6 is 0 Å². The van der Waals surface area contributed by atoms with Crippen LogP contribution in [0, 0.1) is 5.95 Å². The van der Waals surface area contributed by atoms with E-state index in [1.807, 2.05) is 18.2 Å². The molecule has 1 aliphatic rings. The lowest BCUT2D eigenvalue weighted by molar-refractivity contribution is 0.0707. The average molecular weight is 284 g/mol. The summed E-state index contributed by atoms with van der Waals surface area (Å²) in [4.78, 5) is 17.6. The van der Waals surface area contributed by atoms with Crippen LogP contribution in [0.2, 0.25) is 0 Å². The Morgan fingerprint density at radius 2 is 1.81 bits per heavy atom.